The van der Waals surface area contributed by atoms with Gasteiger partial charge >= 0.3 is 5.97 Å². The van der Waals surface area contributed by atoms with E-state index >= 15 is 0 Å². The van der Waals surface area contributed by atoms with Crippen LogP contribution in [0.5, 0.6) is 0 Å². The van der Waals surface area contributed by atoms with Crippen LogP contribution in [0, 0.1) is 0 Å². The SMILES string of the molecule is C/C=C\C(=C/C)C/C=C/C(=O)OC. The van der Waals surface area contributed by atoms with Gasteiger partial charge in [-0.3, -0.25) is 0 Å². The molecule has 0 aromatic rings. The van der Waals surface area contributed by atoms with Gasteiger partial charge in [0.1, 0.15) is 0 Å². The van der Waals surface area contributed by atoms with Crippen LogP contribution in [0.25, 0.3) is 0 Å². The fourth-order valence-corrected chi connectivity index (χ4v) is 0.855. The Kier molecular flexibility index (Phi) is 6.60. The molecule has 2 heteroatoms. The van der Waals surface area contributed by atoms with Crippen molar-refractivity contribution < 1.29 is 9.53 Å². The van der Waals surface area contributed by atoms with E-state index in [-0.39, 0.29) is 5.97 Å². The van der Waals surface area contributed by atoms with E-state index in [4.69, 9.17) is 0 Å². The van der Waals surface area contributed by atoms with Crippen molar-refractivity contribution in [2.24, 2.45) is 0 Å². The van der Waals surface area contributed by atoms with Gasteiger partial charge in [0.25, 0.3) is 0 Å². The van der Waals surface area contributed by atoms with Crippen LogP contribution in [0.15, 0.2) is 36.0 Å². The molecule has 0 radical (unpaired) electrons. The third kappa shape index (κ3) is 5.91. The van der Waals surface area contributed by atoms with Crippen LogP contribution < -0.4 is 0 Å². The molecule has 0 saturated heterocycles. The summed E-state index contributed by atoms with van der Waals surface area (Å²) in [7, 11) is 1.37. The molecule has 0 atom stereocenters. The Hall–Kier alpha value is -1.31. The molecule has 0 aromatic carbocycles. The van der Waals surface area contributed by atoms with Gasteiger partial charge in [-0.25, -0.2) is 4.79 Å². The van der Waals surface area contributed by atoms with Gasteiger partial charge < -0.3 is 4.74 Å². The van der Waals surface area contributed by atoms with Crippen molar-refractivity contribution in [2.75, 3.05) is 7.11 Å². The topological polar surface area (TPSA) is 26.3 Å². The summed E-state index contributed by atoms with van der Waals surface area (Å²) in [5.74, 6) is -0.309. The Morgan fingerprint density at radius 3 is 2.46 bits per heavy atom. The molecule has 13 heavy (non-hydrogen) atoms. The minimum Gasteiger partial charge on any atom is -0.466 e. The second-order valence-electron chi connectivity index (χ2n) is 2.49. The highest BCUT2D eigenvalue weighted by molar-refractivity contribution is 5.81. The Labute approximate surface area is 79.6 Å². The monoisotopic (exact) mass is 180 g/mol. The number of hydrogen-bond donors (Lipinski definition) is 0. The maximum absolute atomic E-state index is 10.7. The number of carbonyl (C=O) groups excluding carboxylic acids is 1. The highest BCUT2D eigenvalue weighted by Gasteiger charge is 1.90. The molecule has 0 saturated carbocycles. The number of hydrogen-bond acceptors (Lipinski definition) is 2. The van der Waals surface area contributed by atoms with Gasteiger partial charge in [0.05, 0.1) is 7.11 Å². The van der Waals surface area contributed by atoms with Gasteiger partial charge in [0.2, 0.25) is 0 Å². The van der Waals surface area contributed by atoms with E-state index in [1.54, 1.807) is 6.08 Å². The van der Waals surface area contributed by atoms with Crippen molar-refractivity contribution in [3.8, 4) is 0 Å². The second-order valence-corrected chi connectivity index (χ2v) is 2.49. The molecule has 0 bridgehead atoms. The summed E-state index contributed by atoms with van der Waals surface area (Å²) in [6.07, 6.45) is 9.99. The molecular formula is C11H16O2. The molecule has 0 rings (SSSR count). The van der Waals surface area contributed by atoms with Crippen LogP contribution in [-0.2, 0) is 9.53 Å². The van der Waals surface area contributed by atoms with E-state index in [2.05, 4.69) is 4.74 Å². The van der Waals surface area contributed by atoms with Gasteiger partial charge in [-0.2, -0.15) is 0 Å². The predicted octanol–water partition coefficient (Wildman–Crippen LogP) is 2.63. The summed E-state index contributed by atoms with van der Waals surface area (Å²) in [5, 5.41) is 0. The minimum atomic E-state index is -0.309. The average molecular weight is 180 g/mol. The van der Waals surface area contributed by atoms with Crippen molar-refractivity contribution in [1.29, 1.82) is 0 Å². The highest BCUT2D eigenvalue weighted by atomic mass is 16.5. The normalized spacial score (nSPS) is 12.7. The molecule has 0 aromatic heterocycles. The fraction of sp³-hybridized carbons (Fsp3) is 0.364. The first-order valence-electron chi connectivity index (χ1n) is 4.27. The lowest BCUT2D eigenvalue weighted by Gasteiger charge is -1.94. The van der Waals surface area contributed by atoms with Crippen molar-refractivity contribution in [2.45, 2.75) is 20.3 Å². The average Bonchev–Trinajstić information content (AvgIpc) is 2.16. The molecule has 0 unspecified atom stereocenters. The molecule has 0 fully saturated rings. The summed E-state index contributed by atoms with van der Waals surface area (Å²) >= 11 is 0. The summed E-state index contributed by atoms with van der Waals surface area (Å²) in [4.78, 5) is 10.7. The largest absolute Gasteiger partial charge is 0.466 e. The maximum atomic E-state index is 10.7. The Morgan fingerprint density at radius 2 is 2.00 bits per heavy atom. The first-order chi connectivity index (χ1) is 6.24. The number of rotatable bonds is 4. The molecule has 0 heterocycles. The van der Waals surface area contributed by atoms with Gasteiger partial charge in [-0.05, 0) is 25.8 Å². The highest BCUT2D eigenvalue weighted by Crippen LogP contribution is 2.03. The van der Waals surface area contributed by atoms with Crippen LogP contribution in [0.4, 0.5) is 0 Å². The molecule has 0 spiro atoms. The van der Waals surface area contributed by atoms with Crippen molar-refractivity contribution in [3.63, 3.8) is 0 Å². The fourth-order valence-electron chi connectivity index (χ4n) is 0.855. The van der Waals surface area contributed by atoms with E-state index < -0.39 is 0 Å². The Morgan fingerprint density at radius 1 is 1.31 bits per heavy atom. The molecule has 0 aliphatic heterocycles. The zero-order chi connectivity index (χ0) is 10.1. The Bertz CT molecular complexity index is 234. The van der Waals surface area contributed by atoms with E-state index in [1.165, 1.54) is 18.8 Å². The molecule has 0 amide bonds. The second kappa shape index (κ2) is 7.35. The standard InChI is InChI=1S/C11H16O2/c1-4-7-10(5-2)8-6-9-11(12)13-3/h4-7,9H,8H2,1-3H3/b7-4-,9-6+,10-5+. The minimum absolute atomic E-state index is 0.309. The third-order valence-electron chi connectivity index (χ3n) is 1.56. The molecular weight excluding hydrogens is 164 g/mol. The van der Waals surface area contributed by atoms with Crippen molar-refractivity contribution >= 4 is 5.97 Å². The lowest BCUT2D eigenvalue weighted by Crippen LogP contribution is -1.93. The van der Waals surface area contributed by atoms with E-state index in [1.807, 2.05) is 32.1 Å². The number of esters is 1. The van der Waals surface area contributed by atoms with Gasteiger partial charge in [-0.15, -0.1) is 0 Å². The molecule has 0 aliphatic carbocycles. The number of carbonyl (C=O) groups is 1. The first-order valence-corrected chi connectivity index (χ1v) is 4.27. The van der Waals surface area contributed by atoms with Crippen LogP contribution in [0.3, 0.4) is 0 Å². The van der Waals surface area contributed by atoms with E-state index in [9.17, 15) is 4.79 Å². The molecule has 0 N–H and O–H groups in total. The maximum Gasteiger partial charge on any atom is 0.330 e. The van der Waals surface area contributed by atoms with Gasteiger partial charge in [0, 0.05) is 6.08 Å². The number of methoxy groups -OCH3 is 1. The van der Waals surface area contributed by atoms with E-state index in [0.717, 1.165) is 6.42 Å². The van der Waals surface area contributed by atoms with Crippen LogP contribution in [0.1, 0.15) is 20.3 Å². The zero-order valence-electron chi connectivity index (χ0n) is 8.41. The molecule has 2 nitrogen and oxygen atoms in total. The lowest BCUT2D eigenvalue weighted by molar-refractivity contribution is -0.134. The molecule has 72 valence electrons. The number of allylic oxidation sites excluding steroid dienone is 5. The van der Waals surface area contributed by atoms with Crippen molar-refractivity contribution in [1.82, 2.24) is 0 Å². The smallest absolute Gasteiger partial charge is 0.330 e. The summed E-state index contributed by atoms with van der Waals surface area (Å²) in [6, 6.07) is 0. The van der Waals surface area contributed by atoms with Crippen LogP contribution in [-0.4, -0.2) is 13.1 Å². The molecule has 0 aliphatic rings. The van der Waals surface area contributed by atoms with Gasteiger partial charge in [-0.1, -0.05) is 24.3 Å². The quantitative estimate of drug-likeness (QED) is 0.377. The number of ether oxygens (including phenoxy) is 1. The summed E-state index contributed by atoms with van der Waals surface area (Å²) in [6.45, 7) is 3.94. The predicted molar refractivity (Wildman–Crippen MR) is 54.3 cm³/mol. The summed E-state index contributed by atoms with van der Waals surface area (Å²) < 4.78 is 4.46. The third-order valence-corrected chi connectivity index (χ3v) is 1.56. The van der Waals surface area contributed by atoms with E-state index in [0.29, 0.717) is 0 Å². The first kappa shape index (κ1) is 11.7. The van der Waals surface area contributed by atoms with Crippen LogP contribution in [0.2, 0.25) is 0 Å². The van der Waals surface area contributed by atoms with Gasteiger partial charge in [0.15, 0.2) is 0 Å². The zero-order valence-corrected chi connectivity index (χ0v) is 8.41. The summed E-state index contributed by atoms with van der Waals surface area (Å²) in [5.41, 5.74) is 1.18. The van der Waals surface area contributed by atoms with Crippen LogP contribution >= 0.6 is 0 Å². The lowest BCUT2D eigenvalue weighted by atomic mass is 10.1. The van der Waals surface area contributed by atoms with Crippen molar-refractivity contribution in [3.05, 3.63) is 36.0 Å². The Balaban J connectivity index is 3.99.